The van der Waals surface area contributed by atoms with E-state index in [2.05, 4.69) is 5.32 Å². The van der Waals surface area contributed by atoms with E-state index in [0.29, 0.717) is 24.5 Å². The van der Waals surface area contributed by atoms with Crippen LogP contribution in [0.3, 0.4) is 0 Å². The lowest BCUT2D eigenvalue weighted by Crippen LogP contribution is -2.43. The predicted molar refractivity (Wildman–Crippen MR) is 89.3 cm³/mol. The summed E-state index contributed by atoms with van der Waals surface area (Å²) in [7, 11) is 0. The van der Waals surface area contributed by atoms with Crippen LogP contribution in [0.25, 0.3) is 0 Å². The standard InChI is InChI=1S/C17H22ClN3O2/c18-14-5-1-4-13(12-14)15-6-2-10-21(15)17(23)19-8-11-20-9-3-7-16(20)22/h1,4-5,12,15H,2-3,6-11H2,(H,19,23). The summed E-state index contributed by atoms with van der Waals surface area (Å²) >= 11 is 6.06. The van der Waals surface area contributed by atoms with Crippen LogP contribution < -0.4 is 5.32 Å². The molecule has 2 heterocycles. The van der Waals surface area contributed by atoms with Gasteiger partial charge in [0.15, 0.2) is 0 Å². The third kappa shape index (κ3) is 3.78. The maximum atomic E-state index is 12.4. The summed E-state index contributed by atoms with van der Waals surface area (Å²) in [6, 6.07) is 7.75. The minimum atomic E-state index is -0.0564. The largest absolute Gasteiger partial charge is 0.341 e. The van der Waals surface area contributed by atoms with Gasteiger partial charge in [-0.1, -0.05) is 23.7 Å². The number of urea groups is 1. The Morgan fingerprint density at radius 3 is 2.91 bits per heavy atom. The van der Waals surface area contributed by atoms with Crippen molar-refractivity contribution < 1.29 is 9.59 Å². The van der Waals surface area contributed by atoms with E-state index in [0.717, 1.165) is 37.9 Å². The van der Waals surface area contributed by atoms with E-state index in [1.54, 1.807) is 0 Å². The number of nitrogens with one attached hydrogen (secondary N) is 1. The number of benzene rings is 1. The van der Waals surface area contributed by atoms with Gasteiger partial charge in [0.25, 0.3) is 0 Å². The van der Waals surface area contributed by atoms with Crippen LogP contribution >= 0.6 is 11.6 Å². The Labute approximate surface area is 141 Å². The topological polar surface area (TPSA) is 52.7 Å². The summed E-state index contributed by atoms with van der Waals surface area (Å²) in [5.41, 5.74) is 1.08. The molecule has 6 heteroatoms. The molecule has 23 heavy (non-hydrogen) atoms. The number of carbonyl (C=O) groups is 2. The fraction of sp³-hybridized carbons (Fsp3) is 0.529. The average Bonchev–Trinajstić information content (AvgIpc) is 3.17. The molecular formula is C17H22ClN3O2. The second kappa shape index (κ2) is 7.21. The molecule has 2 fully saturated rings. The fourth-order valence-corrected chi connectivity index (χ4v) is 3.61. The van der Waals surface area contributed by atoms with E-state index in [-0.39, 0.29) is 18.0 Å². The van der Waals surface area contributed by atoms with Crippen LogP contribution in [-0.2, 0) is 4.79 Å². The number of halogens is 1. The minimum Gasteiger partial charge on any atom is -0.341 e. The molecule has 2 saturated heterocycles. The molecule has 0 saturated carbocycles. The van der Waals surface area contributed by atoms with E-state index in [9.17, 15) is 9.59 Å². The molecule has 1 N–H and O–H groups in total. The highest BCUT2D eigenvalue weighted by atomic mass is 35.5. The number of rotatable bonds is 4. The summed E-state index contributed by atoms with van der Waals surface area (Å²) in [4.78, 5) is 27.7. The van der Waals surface area contributed by atoms with Crippen molar-refractivity contribution in [3.05, 3.63) is 34.9 Å². The number of likely N-dealkylation sites (tertiary alicyclic amines) is 2. The molecule has 0 radical (unpaired) electrons. The summed E-state index contributed by atoms with van der Waals surface area (Å²) in [6.45, 7) is 2.67. The van der Waals surface area contributed by atoms with Crippen LogP contribution in [0.15, 0.2) is 24.3 Å². The van der Waals surface area contributed by atoms with Gasteiger partial charge in [-0.15, -0.1) is 0 Å². The Morgan fingerprint density at radius 1 is 1.30 bits per heavy atom. The van der Waals surface area contributed by atoms with Crippen LogP contribution in [-0.4, -0.2) is 47.9 Å². The maximum absolute atomic E-state index is 12.4. The third-order valence-corrected chi connectivity index (χ3v) is 4.81. The second-order valence-electron chi connectivity index (χ2n) is 6.12. The number of nitrogens with zero attached hydrogens (tertiary/aromatic N) is 2. The summed E-state index contributed by atoms with van der Waals surface area (Å²) in [5, 5.41) is 3.64. The Bertz CT molecular complexity index is 593. The molecule has 124 valence electrons. The molecular weight excluding hydrogens is 314 g/mol. The number of amides is 3. The molecule has 5 nitrogen and oxygen atoms in total. The summed E-state index contributed by atoms with van der Waals surface area (Å²) in [5.74, 6) is 0.192. The van der Waals surface area contributed by atoms with Crippen LogP contribution in [0.4, 0.5) is 4.79 Å². The quantitative estimate of drug-likeness (QED) is 0.920. The van der Waals surface area contributed by atoms with E-state index in [1.807, 2.05) is 34.1 Å². The molecule has 1 aromatic rings. The highest BCUT2D eigenvalue weighted by Gasteiger charge is 2.30. The van der Waals surface area contributed by atoms with Gasteiger partial charge in [-0.05, 0) is 37.0 Å². The van der Waals surface area contributed by atoms with E-state index < -0.39 is 0 Å². The molecule has 0 spiro atoms. The first-order valence-corrected chi connectivity index (χ1v) is 8.60. The van der Waals surface area contributed by atoms with Crippen molar-refractivity contribution in [1.29, 1.82) is 0 Å². The zero-order chi connectivity index (χ0) is 16.2. The van der Waals surface area contributed by atoms with Crippen LogP contribution in [0.5, 0.6) is 0 Å². The average molecular weight is 336 g/mol. The van der Waals surface area contributed by atoms with E-state index in [1.165, 1.54) is 0 Å². The van der Waals surface area contributed by atoms with Crippen molar-refractivity contribution in [3.63, 3.8) is 0 Å². The van der Waals surface area contributed by atoms with Gasteiger partial charge >= 0.3 is 6.03 Å². The molecule has 0 bridgehead atoms. The Hall–Kier alpha value is -1.75. The summed E-state index contributed by atoms with van der Waals surface area (Å²) < 4.78 is 0. The molecule has 3 rings (SSSR count). The first-order valence-electron chi connectivity index (χ1n) is 8.23. The van der Waals surface area contributed by atoms with E-state index >= 15 is 0 Å². The van der Waals surface area contributed by atoms with Gasteiger partial charge in [-0.25, -0.2) is 4.79 Å². The predicted octanol–water partition coefficient (Wildman–Crippen LogP) is 2.81. The number of carbonyl (C=O) groups excluding carboxylic acids is 2. The zero-order valence-corrected chi connectivity index (χ0v) is 13.9. The van der Waals surface area contributed by atoms with E-state index in [4.69, 9.17) is 11.6 Å². The van der Waals surface area contributed by atoms with Gasteiger partial charge in [0.1, 0.15) is 0 Å². The summed E-state index contributed by atoms with van der Waals surface area (Å²) in [6.07, 6.45) is 3.51. The first kappa shape index (κ1) is 16.1. The number of hydrogen-bond acceptors (Lipinski definition) is 2. The van der Waals surface area contributed by atoms with Gasteiger partial charge in [0.2, 0.25) is 5.91 Å². The monoisotopic (exact) mass is 335 g/mol. The molecule has 0 aliphatic carbocycles. The van der Waals surface area contributed by atoms with Gasteiger partial charge in [0.05, 0.1) is 6.04 Å². The van der Waals surface area contributed by atoms with Crippen molar-refractivity contribution in [2.45, 2.75) is 31.7 Å². The lowest BCUT2D eigenvalue weighted by Gasteiger charge is -2.26. The molecule has 1 atom stereocenters. The Morgan fingerprint density at radius 2 is 2.17 bits per heavy atom. The van der Waals surface area contributed by atoms with Gasteiger partial charge in [-0.3, -0.25) is 4.79 Å². The zero-order valence-electron chi connectivity index (χ0n) is 13.1. The number of hydrogen-bond donors (Lipinski definition) is 1. The van der Waals surface area contributed by atoms with Crippen molar-refractivity contribution in [2.24, 2.45) is 0 Å². The smallest absolute Gasteiger partial charge is 0.317 e. The van der Waals surface area contributed by atoms with Gasteiger partial charge in [0, 0.05) is 37.6 Å². The molecule has 1 aromatic carbocycles. The van der Waals surface area contributed by atoms with Crippen LogP contribution in [0.2, 0.25) is 5.02 Å². The fourth-order valence-electron chi connectivity index (χ4n) is 3.41. The van der Waals surface area contributed by atoms with Gasteiger partial charge < -0.3 is 15.1 Å². The van der Waals surface area contributed by atoms with Crippen LogP contribution in [0, 0.1) is 0 Å². The molecule has 2 aliphatic rings. The lowest BCUT2D eigenvalue weighted by atomic mass is 10.1. The lowest BCUT2D eigenvalue weighted by molar-refractivity contribution is -0.127. The van der Waals surface area contributed by atoms with Crippen molar-refractivity contribution in [1.82, 2.24) is 15.1 Å². The Kier molecular flexibility index (Phi) is 5.06. The van der Waals surface area contributed by atoms with Crippen LogP contribution in [0.1, 0.15) is 37.3 Å². The Balaban J connectivity index is 1.54. The highest BCUT2D eigenvalue weighted by Crippen LogP contribution is 2.32. The second-order valence-corrected chi connectivity index (χ2v) is 6.56. The third-order valence-electron chi connectivity index (χ3n) is 4.58. The molecule has 1 unspecified atom stereocenters. The molecule has 0 aromatic heterocycles. The van der Waals surface area contributed by atoms with Crippen molar-refractivity contribution >= 4 is 23.5 Å². The molecule has 2 aliphatic heterocycles. The maximum Gasteiger partial charge on any atom is 0.317 e. The minimum absolute atomic E-state index is 0.0564. The SMILES string of the molecule is O=C1CCCN1CCNC(=O)N1CCCC1c1cccc(Cl)c1. The molecule has 3 amide bonds. The van der Waals surface area contributed by atoms with Gasteiger partial charge in [-0.2, -0.15) is 0 Å². The normalized spacial score (nSPS) is 21.1. The van der Waals surface area contributed by atoms with Crippen molar-refractivity contribution in [3.8, 4) is 0 Å². The van der Waals surface area contributed by atoms with Crippen molar-refractivity contribution in [2.75, 3.05) is 26.2 Å². The highest BCUT2D eigenvalue weighted by molar-refractivity contribution is 6.30. The first-order chi connectivity index (χ1) is 11.1.